The van der Waals surface area contributed by atoms with Crippen LogP contribution in [0.3, 0.4) is 0 Å². The summed E-state index contributed by atoms with van der Waals surface area (Å²) in [4.78, 5) is 11.0. The maximum atomic E-state index is 11.0. The summed E-state index contributed by atoms with van der Waals surface area (Å²) in [6, 6.07) is 0. The predicted molar refractivity (Wildman–Crippen MR) is 49.0 cm³/mol. The number of rotatable bonds is 4. The zero-order valence-electron chi connectivity index (χ0n) is 8.36. The molecule has 4 nitrogen and oxygen atoms in total. The number of carboxylic acids is 1. The normalized spacial score (nSPS) is 31.4. The number of aliphatic carboxylic acids is 1. The van der Waals surface area contributed by atoms with E-state index in [4.69, 9.17) is 14.6 Å². The first kappa shape index (κ1) is 9.93. The van der Waals surface area contributed by atoms with Gasteiger partial charge in [-0.2, -0.15) is 0 Å². The number of carboxylic acid groups (broad SMARTS) is 1. The Morgan fingerprint density at radius 3 is 2.71 bits per heavy atom. The summed E-state index contributed by atoms with van der Waals surface area (Å²) in [7, 11) is 1.48. The molecule has 4 heteroatoms. The van der Waals surface area contributed by atoms with Gasteiger partial charge < -0.3 is 14.6 Å². The average molecular weight is 200 g/mol. The van der Waals surface area contributed by atoms with Crippen LogP contribution < -0.4 is 0 Å². The molecule has 0 aromatic heterocycles. The Balaban J connectivity index is 2.09. The Kier molecular flexibility index (Phi) is 2.49. The highest BCUT2D eigenvalue weighted by atomic mass is 16.5. The first-order valence-corrected chi connectivity index (χ1v) is 5.04. The second kappa shape index (κ2) is 3.51. The minimum atomic E-state index is -0.836. The fraction of sp³-hybridized carbons (Fsp3) is 0.900. The number of hydrogen-bond acceptors (Lipinski definition) is 3. The van der Waals surface area contributed by atoms with Crippen LogP contribution >= 0.6 is 0 Å². The Bertz CT molecular complexity index is 228. The zero-order valence-corrected chi connectivity index (χ0v) is 8.36. The van der Waals surface area contributed by atoms with Crippen LogP contribution in [0.15, 0.2) is 0 Å². The van der Waals surface area contributed by atoms with Crippen molar-refractivity contribution in [2.45, 2.75) is 25.4 Å². The number of ether oxygens (including phenoxy) is 2. The first-order valence-electron chi connectivity index (χ1n) is 5.04. The molecule has 2 unspecified atom stereocenters. The second-order valence-electron chi connectivity index (χ2n) is 4.25. The van der Waals surface area contributed by atoms with Crippen LogP contribution in [0.5, 0.6) is 0 Å². The van der Waals surface area contributed by atoms with Crippen molar-refractivity contribution in [3.05, 3.63) is 0 Å². The third-order valence-electron chi connectivity index (χ3n) is 3.55. The standard InChI is InChI=1S/C10H16O4/c1-13-8(9(11)12)10(3-4-10)7-2-5-14-6-7/h7-8H,2-6H2,1H3,(H,11,12). The van der Waals surface area contributed by atoms with E-state index >= 15 is 0 Å². The van der Waals surface area contributed by atoms with Crippen molar-refractivity contribution in [2.24, 2.45) is 11.3 Å². The Morgan fingerprint density at radius 2 is 2.36 bits per heavy atom. The topological polar surface area (TPSA) is 55.8 Å². The van der Waals surface area contributed by atoms with E-state index in [0.717, 1.165) is 25.9 Å². The summed E-state index contributed by atoms with van der Waals surface area (Å²) >= 11 is 0. The van der Waals surface area contributed by atoms with Gasteiger partial charge in [0.1, 0.15) is 0 Å². The molecule has 0 bridgehead atoms. The second-order valence-corrected chi connectivity index (χ2v) is 4.25. The lowest BCUT2D eigenvalue weighted by atomic mass is 9.83. The quantitative estimate of drug-likeness (QED) is 0.732. The molecular weight excluding hydrogens is 184 g/mol. The molecule has 0 amide bonds. The van der Waals surface area contributed by atoms with E-state index in [2.05, 4.69) is 0 Å². The molecule has 1 aliphatic heterocycles. The largest absolute Gasteiger partial charge is 0.479 e. The monoisotopic (exact) mass is 200 g/mol. The van der Waals surface area contributed by atoms with Crippen molar-refractivity contribution in [1.29, 1.82) is 0 Å². The molecule has 2 fully saturated rings. The minimum Gasteiger partial charge on any atom is -0.479 e. The van der Waals surface area contributed by atoms with Crippen molar-refractivity contribution >= 4 is 5.97 Å². The molecule has 0 radical (unpaired) electrons. The first-order chi connectivity index (χ1) is 6.70. The van der Waals surface area contributed by atoms with Gasteiger partial charge in [0, 0.05) is 19.1 Å². The van der Waals surface area contributed by atoms with Gasteiger partial charge in [0.15, 0.2) is 6.10 Å². The predicted octanol–water partition coefficient (Wildman–Crippen LogP) is 0.903. The van der Waals surface area contributed by atoms with E-state index < -0.39 is 12.1 Å². The molecule has 0 aromatic carbocycles. The van der Waals surface area contributed by atoms with Crippen molar-refractivity contribution in [2.75, 3.05) is 20.3 Å². The summed E-state index contributed by atoms with van der Waals surface area (Å²) in [6.45, 7) is 1.47. The molecule has 1 saturated heterocycles. The lowest BCUT2D eigenvalue weighted by Crippen LogP contribution is -2.38. The molecule has 1 saturated carbocycles. The van der Waals surface area contributed by atoms with Gasteiger partial charge in [0.25, 0.3) is 0 Å². The fourth-order valence-corrected chi connectivity index (χ4v) is 2.60. The summed E-state index contributed by atoms with van der Waals surface area (Å²) in [5, 5.41) is 9.04. The molecule has 1 N–H and O–H groups in total. The molecule has 14 heavy (non-hydrogen) atoms. The van der Waals surface area contributed by atoms with Crippen LogP contribution in [0.1, 0.15) is 19.3 Å². The highest BCUT2D eigenvalue weighted by Gasteiger charge is 2.58. The Hall–Kier alpha value is -0.610. The van der Waals surface area contributed by atoms with Crippen LogP contribution in [0.2, 0.25) is 0 Å². The molecular formula is C10H16O4. The maximum absolute atomic E-state index is 11.0. The lowest BCUT2D eigenvalue weighted by molar-refractivity contribution is -0.155. The third-order valence-corrected chi connectivity index (χ3v) is 3.55. The van der Waals surface area contributed by atoms with Crippen molar-refractivity contribution in [3.63, 3.8) is 0 Å². The lowest BCUT2D eigenvalue weighted by Gasteiger charge is -2.26. The van der Waals surface area contributed by atoms with E-state index in [-0.39, 0.29) is 5.41 Å². The van der Waals surface area contributed by atoms with Crippen LogP contribution in [0.4, 0.5) is 0 Å². The van der Waals surface area contributed by atoms with E-state index in [1.54, 1.807) is 0 Å². The highest BCUT2D eigenvalue weighted by molar-refractivity contribution is 5.74. The van der Waals surface area contributed by atoms with Crippen LogP contribution in [0, 0.1) is 11.3 Å². The van der Waals surface area contributed by atoms with Gasteiger partial charge >= 0.3 is 5.97 Å². The SMILES string of the molecule is COC(C(=O)O)C1(C2CCOC2)CC1. The molecule has 1 aliphatic carbocycles. The summed E-state index contributed by atoms with van der Waals surface area (Å²) < 4.78 is 10.4. The van der Waals surface area contributed by atoms with E-state index in [1.807, 2.05) is 0 Å². The average Bonchev–Trinajstić information content (AvgIpc) is 2.76. The molecule has 2 atom stereocenters. The minimum absolute atomic E-state index is 0.128. The number of carbonyl (C=O) groups is 1. The van der Waals surface area contributed by atoms with Crippen molar-refractivity contribution in [1.82, 2.24) is 0 Å². The molecule has 80 valence electrons. The van der Waals surface area contributed by atoms with Crippen LogP contribution in [0.25, 0.3) is 0 Å². The fourth-order valence-electron chi connectivity index (χ4n) is 2.60. The summed E-state index contributed by atoms with van der Waals surface area (Å²) in [6.07, 6.45) is 2.26. The van der Waals surface area contributed by atoms with Gasteiger partial charge in [-0.3, -0.25) is 0 Å². The van der Waals surface area contributed by atoms with Crippen molar-refractivity contribution < 1.29 is 19.4 Å². The van der Waals surface area contributed by atoms with Gasteiger partial charge in [-0.1, -0.05) is 0 Å². The van der Waals surface area contributed by atoms with Crippen LogP contribution in [-0.2, 0) is 14.3 Å². The molecule has 0 aromatic rings. The molecule has 1 heterocycles. The number of hydrogen-bond donors (Lipinski definition) is 1. The zero-order chi connectivity index (χ0) is 10.2. The molecule has 0 spiro atoms. The van der Waals surface area contributed by atoms with E-state index in [1.165, 1.54) is 7.11 Å². The van der Waals surface area contributed by atoms with Crippen molar-refractivity contribution in [3.8, 4) is 0 Å². The van der Waals surface area contributed by atoms with Gasteiger partial charge in [0.2, 0.25) is 0 Å². The van der Waals surface area contributed by atoms with Gasteiger partial charge in [-0.15, -0.1) is 0 Å². The van der Waals surface area contributed by atoms with Gasteiger partial charge in [0.05, 0.1) is 6.61 Å². The van der Waals surface area contributed by atoms with E-state index in [9.17, 15) is 4.79 Å². The number of methoxy groups -OCH3 is 1. The molecule has 2 rings (SSSR count). The smallest absolute Gasteiger partial charge is 0.333 e. The Morgan fingerprint density at radius 1 is 1.64 bits per heavy atom. The van der Waals surface area contributed by atoms with Crippen LogP contribution in [-0.4, -0.2) is 37.5 Å². The maximum Gasteiger partial charge on any atom is 0.333 e. The van der Waals surface area contributed by atoms with Gasteiger partial charge in [-0.25, -0.2) is 4.79 Å². The summed E-state index contributed by atoms with van der Waals surface area (Å²) in [5.41, 5.74) is -0.128. The van der Waals surface area contributed by atoms with E-state index in [0.29, 0.717) is 12.5 Å². The summed E-state index contributed by atoms with van der Waals surface area (Å²) in [5.74, 6) is -0.458. The molecule has 2 aliphatic rings. The third kappa shape index (κ3) is 1.42. The highest BCUT2D eigenvalue weighted by Crippen LogP contribution is 2.57. The van der Waals surface area contributed by atoms with Gasteiger partial charge in [-0.05, 0) is 25.2 Å². The Labute approximate surface area is 83.2 Å².